The molecule has 0 saturated carbocycles. The molecule has 7 heteroatoms. The zero-order valence-electron chi connectivity index (χ0n) is 16.1. The summed E-state index contributed by atoms with van der Waals surface area (Å²) in [5.41, 5.74) is 2.16. The Hall–Kier alpha value is -3.74. The van der Waals surface area contributed by atoms with Gasteiger partial charge in [0, 0.05) is 18.9 Å². The second-order valence-corrected chi connectivity index (χ2v) is 6.57. The molecular formula is C22H22N4O3. The Kier molecular flexibility index (Phi) is 6.52. The number of carbonyl (C=O) groups excluding carboxylic acids is 2. The first kappa shape index (κ1) is 20.0. The highest BCUT2D eigenvalue weighted by Crippen LogP contribution is 2.02. The van der Waals surface area contributed by atoms with Crippen LogP contribution in [0.25, 0.3) is 0 Å². The van der Waals surface area contributed by atoms with Crippen molar-refractivity contribution in [3.05, 3.63) is 99.7 Å². The fraction of sp³-hybridized carbons (Fsp3) is 0.182. The van der Waals surface area contributed by atoms with Crippen molar-refractivity contribution in [2.45, 2.75) is 26.6 Å². The lowest BCUT2D eigenvalue weighted by molar-refractivity contribution is -0.121. The molecule has 148 valence electrons. The highest BCUT2D eigenvalue weighted by molar-refractivity contribution is 5.93. The van der Waals surface area contributed by atoms with Crippen LogP contribution >= 0.6 is 0 Å². The van der Waals surface area contributed by atoms with Crippen molar-refractivity contribution < 1.29 is 9.59 Å². The molecule has 0 bridgehead atoms. The van der Waals surface area contributed by atoms with Gasteiger partial charge in [-0.25, -0.2) is 0 Å². The summed E-state index contributed by atoms with van der Waals surface area (Å²) in [6.07, 6.45) is 3.15. The number of aromatic nitrogens is 2. The summed E-state index contributed by atoms with van der Waals surface area (Å²) < 4.78 is 1.22. The third-order valence-corrected chi connectivity index (χ3v) is 4.45. The van der Waals surface area contributed by atoms with Gasteiger partial charge in [-0.3, -0.25) is 19.4 Å². The van der Waals surface area contributed by atoms with Gasteiger partial charge < -0.3 is 15.2 Å². The minimum Gasteiger partial charge on any atom is -0.349 e. The van der Waals surface area contributed by atoms with Crippen LogP contribution in [-0.4, -0.2) is 21.4 Å². The Morgan fingerprint density at radius 1 is 0.966 bits per heavy atom. The maximum Gasteiger partial charge on any atom is 0.263 e. The smallest absolute Gasteiger partial charge is 0.263 e. The average Bonchev–Trinajstić information content (AvgIpc) is 2.74. The van der Waals surface area contributed by atoms with E-state index in [2.05, 4.69) is 15.6 Å². The first-order chi connectivity index (χ1) is 14.0. The number of carbonyl (C=O) groups is 2. The molecule has 2 amide bonds. The van der Waals surface area contributed by atoms with Crippen LogP contribution < -0.4 is 16.2 Å². The largest absolute Gasteiger partial charge is 0.349 e. The highest BCUT2D eigenvalue weighted by atomic mass is 16.2. The number of hydrogen-bond donors (Lipinski definition) is 2. The molecule has 2 N–H and O–H groups in total. The van der Waals surface area contributed by atoms with E-state index in [0.29, 0.717) is 6.54 Å². The molecule has 0 spiro atoms. The van der Waals surface area contributed by atoms with Gasteiger partial charge in [-0.2, -0.15) is 0 Å². The van der Waals surface area contributed by atoms with Crippen LogP contribution in [0.2, 0.25) is 0 Å². The highest BCUT2D eigenvalue weighted by Gasteiger charge is 2.13. The van der Waals surface area contributed by atoms with Crippen LogP contribution in [0.3, 0.4) is 0 Å². The van der Waals surface area contributed by atoms with Crippen molar-refractivity contribution in [2.24, 2.45) is 0 Å². The van der Waals surface area contributed by atoms with Gasteiger partial charge in [0.1, 0.15) is 12.1 Å². The molecule has 3 aromatic rings. The molecule has 0 radical (unpaired) electrons. The van der Waals surface area contributed by atoms with E-state index < -0.39 is 11.5 Å². The van der Waals surface area contributed by atoms with Crippen LogP contribution in [0.15, 0.2) is 71.8 Å². The number of nitrogens with one attached hydrogen (secondary N) is 2. The number of benzene rings is 1. The molecule has 0 atom stereocenters. The Balaban J connectivity index is 1.62. The van der Waals surface area contributed by atoms with Crippen LogP contribution in [0.4, 0.5) is 0 Å². The normalized spacial score (nSPS) is 10.4. The van der Waals surface area contributed by atoms with Gasteiger partial charge in [0.05, 0.1) is 12.2 Å². The predicted octanol–water partition coefficient (Wildman–Crippen LogP) is 1.80. The van der Waals surface area contributed by atoms with Gasteiger partial charge in [0.2, 0.25) is 5.91 Å². The molecule has 0 unspecified atom stereocenters. The van der Waals surface area contributed by atoms with Crippen molar-refractivity contribution in [3.63, 3.8) is 0 Å². The molecule has 1 aromatic carbocycles. The SMILES string of the molecule is Cc1cccnc1CNC(=O)Cn1cccc(C(=O)NCc2ccccc2)c1=O. The average molecular weight is 390 g/mol. The maximum absolute atomic E-state index is 12.6. The van der Waals surface area contributed by atoms with Crippen molar-refractivity contribution in [1.29, 1.82) is 0 Å². The maximum atomic E-state index is 12.6. The minimum absolute atomic E-state index is 0.00296. The number of rotatable bonds is 7. The Bertz CT molecular complexity index is 1060. The molecule has 0 aliphatic carbocycles. The van der Waals surface area contributed by atoms with Crippen molar-refractivity contribution in [2.75, 3.05) is 0 Å². The Labute approximate surface area is 168 Å². The number of pyridine rings is 2. The third kappa shape index (κ3) is 5.38. The second-order valence-electron chi connectivity index (χ2n) is 6.57. The van der Waals surface area contributed by atoms with E-state index in [1.807, 2.05) is 49.4 Å². The fourth-order valence-corrected chi connectivity index (χ4v) is 2.80. The summed E-state index contributed by atoms with van der Waals surface area (Å²) in [5, 5.41) is 5.48. The van der Waals surface area contributed by atoms with Crippen molar-refractivity contribution in [1.82, 2.24) is 20.2 Å². The van der Waals surface area contributed by atoms with E-state index >= 15 is 0 Å². The van der Waals surface area contributed by atoms with Gasteiger partial charge in [0.15, 0.2) is 0 Å². The van der Waals surface area contributed by atoms with Crippen molar-refractivity contribution in [3.8, 4) is 0 Å². The number of aryl methyl sites for hydroxylation is 1. The molecular weight excluding hydrogens is 368 g/mol. The second kappa shape index (κ2) is 9.45. The van der Waals surface area contributed by atoms with E-state index in [4.69, 9.17) is 0 Å². The summed E-state index contributed by atoms with van der Waals surface area (Å²) in [5.74, 6) is -0.809. The quantitative estimate of drug-likeness (QED) is 0.643. The van der Waals surface area contributed by atoms with E-state index in [9.17, 15) is 14.4 Å². The van der Waals surface area contributed by atoms with Gasteiger partial charge in [0.25, 0.3) is 11.5 Å². The molecule has 0 aliphatic heterocycles. The zero-order chi connectivity index (χ0) is 20.6. The molecule has 7 nitrogen and oxygen atoms in total. The van der Waals surface area contributed by atoms with Crippen molar-refractivity contribution >= 4 is 11.8 Å². The van der Waals surface area contributed by atoms with Gasteiger partial charge >= 0.3 is 0 Å². The summed E-state index contributed by atoms with van der Waals surface area (Å²) >= 11 is 0. The molecule has 2 aromatic heterocycles. The number of nitrogens with zero attached hydrogens (tertiary/aromatic N) is 2. The van der Waals surface area contributed by atoms with Gasteiger partial charge in [-0.05, 0) is 36.2 Å². The Morgan fingerprint density at radius 3 is 2.52 bits per heavy atom. The standard InChI is InChI=1S/C22H22N4O3/c1-16-7-5-11-23-19(16)14-24-20(27)15-26-12-6-10-18(22(26)29)21(28)25-13-17-8-3-2-4-9-17/h2-12H,13-15H2,1H3,(H,24,27)(H,25,28). The molecule has 3 rings (SSSR count). The minimum atomic E-state index is -0.512. The monoisotopic (exact) mass is 390 g/mol. The lowest BCUT2D eigenvalue weighted by atomic mass is 10.2. The first-order valence-corrected chi connectivity index (χ1v) is 9.23. The lowest BCUT2D eigenvalue weighted by Crippen LogP contribution is -2.36. The molecule has 0 aliphatic rings. The topological polar surface area (TPSA) is 93.1 Å². The molecule has 0 fully saturated rings. The Morgan fingerprint density at radius 2 is 1.76 bits per heavy atom. The third-order valence-electron chi connectivity index (χ3n) is 4.45. The van der Waals surface area contributed by atoms with E-state index in [0.717, 1.165) is 16.8 Å². The van der Waals surface area contributed by atoms with Crippen LogP contribution in [0.1, 0.15) is 27.2 Å². The van der Waals surface area contributed by atoms with Gasteiger partial charge in [-0.15, -0.1) is 0 Å². The van der Waals surface area contributed by atoms with Crippen LogP contribution in [0, 0.1) is 6.92 Å². The molecule has 0 saturated heterocycles. The van der Waals surface area contributed by atoms with Crippen LogP contribution in [0.5, 0.6) is 0 Å². The fourth-order valence-electron chi connectivity index (χ4n) is 2.80. The van der Waals surface area contributed by atoms with E-state index in [-0.39, 0.29) is 24.6 Å². The number of amides is 2. The lowest BCUT2D eigenvalue weighted by Gasteiger charge is -2.10. The van der Waals surface area contributed by atoms with Gasteiger partial charge in [-0.1, -0.05) is 36.4 Å². The molecule has 29 heavy (non-hydrogen) atoms. The van der Waals surface area contributed by atoms with E-state index in [1.54, 1.807) is 12.3 Å². The summed E-state index contributed by atoms with van der Waals surface area (Å²) in [6, 6.07) is 16.2. The first-order valence-electron chi connectivity index (χ1n) is 9.23. The van der Waals surface area contributed by atoms with E-state index in [1.165, 1.54) is 16.8 Å². The zero-order valence-corrected chi connectivity index (χ0v) is 16.1. The predicted molar refractivity (Wildman–Crippen MR) is 109 cm³/mol. The summed E-state index contributed by atoms with van der Waals surface area (Å²) in [7, 11) is 0. The molecule has 2 heterocycles. The summed E-state index contributed by atoms with van der Waals surface area (Å²) in [6.45, 7) is 2.33. The van der Waals surface area contributed by atoms with Crippen LogP contribution in [-0.2, 0) is 24.4 Å². The number of hydrogen-bond acceptors (Lipinski definition) is 4. The summed E-state index contributed by atoms with van der Waals surface area (Å²) in [4.78, 5) is 41.5.